The van der Waals surface area contributed by atoms with Gasteiger partial charge in [-0.15, -0.1) is 0 Å². The van der Waals surface area contributed by atoms with Crippen LogP contribution in [0.5, 0.6) is 0 Å². The molecule has 0 aromatic heterocycles. The van der Waals surface area contributed by atoms with E-state index in [0.717, 1.165) is 38.7 Å². The van der Waals surface area contributed by atoms with Gasteiger partial charge in [0.25, 0.3) is 0 Å². The zero-order chi connectivity index (χ0) is 13.2. The van der Waals surface area contributed by atoms with Gasteiger partial charge in [0.15, 0.2) is 0 Å². The SMILES string of the molecule is CCCC(C)C(=O)NCCCOCC1CCCO1. The van der Waals surface area contributed by atoms with Crippen LogP contribution in [0.15, 0.2) is 0 Å². The summed E-state index contributed by atoms with van der Waals surface area (Å²) >= 11 is 0. The molecule has 0 saturated carbocycles. The molecule has 1 aliphatic heterocycles. The first-order chi connectivity index (χ1) is 8.74. The van der Waals surface area contributed by atoms with Gasteiger partial charge in [0.1, 0.15) is 0 Å². The van der Waals surface area contributed by atoms with Crippen molar-refractivity contribution in [3.63, 3.8) is 0 Å². The number of carbonyl (C=O) groups is 1. The molecule has 0 spiro atoms. The molecule has 4 nitrogen and oxygen atoms in total. The zero-order valence-corrected chi connectivity index (χ0v) is 11.7. The first-order valence-electron chi connectivity index (χ1n) is 7.21. The van der Waals surface area contributed by atoms with Crippen molar-refractivity contribution in [2.75, 3.05) is 26.4 Å². The van der Waals surface area contributed by atoms with Gasteiger partial charge in [0.2, 0.25) is 5.91 Å². The minimum Gasteiger partial charge on any atom is -0.379 e. The van der Waals surface area contributed by atoms with Crippen molar-refractivity contribution in [3.05, 3.63) is 0 Å². The van der Waals surface area contributed by atoms with E-state index >= 15 is 0 Å². The van der Waals surface area contributed by atoms with Crippen molar-refractivity contribution in [1.82, 2.24) is 5.32 Å². The molecule has 1 amide bonds. The molecular weight excluding hydrogens is 230 g/mol. The summed E-state index contributed by atoms with van der Waals surface area (Å²) in [6.45, 7) is 7.05. The Kier molecular flexibility index (Phi) is 8.01. The fraction of sp³-hybridized carbons (Fsp3) is 0.929. The molecule has 0 radical (unpaired) electrons. The fourth-order valence-corrected chi connectivity index (χ4v) is 2.11. The van der Waals surface area contributed by atoms with Crippen LogP contribution in [0.4, 0.5) is 0 Å². The summed E-state index contributed by atoms with van der Waals surface area (Å²) in [6, 6.07) is 0. The highest BCUT2D eigenvalue weighted by Gasteiger charge is 2.15. The predicted molar refractivity (Wildman–Crippen MR) is 71.5 cm³/mol. The van der Waals surface area contributed by atoms with Crippen LogP contribution < -0.4 is 5.32 Å². The largest absolute Gasteiger partial charge is 0.379 e. The molecule has 4 heteroatoms. The second kappa shape index (κ2) is 9.34. The monoisotopic (exact) mass is 257 g/mol. The van der Waals surface area contributed by atoms with E-state index in [1.54, 1.807) is 0 Å². The maximum atomic E-state index is 11.6. The van der Waals surface area contributed by atoms with E-state index in [2.05, 4.69) is 12.2 Å². The van der Waals surface area contributed by atoms with Gasteiger partial charge < -0.3 is 14.8 Å². The molecule has 2 atom stereocenters. The molecule has 1 rings (SSSR count). The third-order valence-corrected chi connectivity index (χ3v) is 3.26. The van der Waals surface area contributed by atoms with E-state index in [4.69, 9.17) is 9.47 Å². The standard InChI is InChI=1S/C14H27NO3/c1-3-6-12(2)14(16)15-8-5-9-17-11-13-7-4-10-18-13/h12-13H,3-11H2,1-2H3,(H,15,16). The average molecular weight is 257 g/mol. The Labute approximate surface area is 110 Å². The van der Waals surface area contributed by atoms with Gasteiger partial charge >= 0.3 is 0 Å². The van der Waals surface area contributed by atoms with Gasteiger partial charge in [-0.3, -0.25) is 4.79 Å². The van der Waals surface area contributed by atoms with Crippen LogP contribution in [-0.2, 0) is 14.3 Å². The van der Waals surface area contributed by atoms with Gasteiger partial charge in [0, 0.05) is 25.7 Å². The molecule has 1 N–H and O–H groups in total. The molecule has 0 aromatic carbocycles. The van der Waals surface area contributed by atoms with Crippen LogP contribution >= 0.6 is 0 Å². The number of carbonyl (C=O) groups excluding carboxylic acids is 1. The van der Waals surface area contributed by atoms with Crippen molar-refractivity contribution >= 4 is 5.91 Å². The van der Waals surface area contributed by atoms with E-state index in [0.29, 0.717) is 25.9 Å². The zero-order valence-electron chi connectivity index (χ0n) is 11.7. The van der Waals surface area contributed by atoms with Crippen molar-refractivity contribution in [3.8, 4) is 0 Å². The van der Waals surface area contributed by atoms with Crippen LogP contribution in [0.3, 0.4) is 0 Å². The van der Waals surface area contributed by atoms with Crippen molar-refractivity contribution in [1.29, 1.82) is 0 Å². The van der Waals surface area contributed by atoms with Gasteiger partial charge in [-0.1, -0.05) is 20.3 Å². The minimum absolute atomic E-state index is 0.128. The second-order valence-electron chi connectivity index (χ2n) is 5.04. The van der Waals surface area contributed by atoms with Gasteiger partial charge in [-0.2, -0.15) is 0 Å². The molecule has 1 aliphatic rings. The highest BCUT2D eigenvalue weighted by Crippen LogP contribution is 2.11. The molecule has 1 saturated heterocycles. The summed E-state index contributed by atoms with van der Waals surface area (Å²) < 4.78 is 11.0. The maximum Gasteiger partial charge on any atom is 0.222 e. The Hall–Kier alpha value is -0.610. The summed E-state index contributed by atoms with van der Waals surface area (Å²) in [4.78, 5) is 11.6. The molecule has 1 fully saturated rings. The lowest BCUT2D eigenvalue weighted by atomic mass is 10.1. The van der Waals surface area contributed by atoms with E-state index in [-0.39, 0.29) is 11.8 Å². The third-order valence-electron chi connectivity index (χ3n) is 3.26. The van der Waals surface area contributed by atoms with E-state index in [1.165, 1.54) is 0 Å². The summed E-state index contributed by atoms with van der Waals surface area (Å²) in [6.07, 6.45) is 5.45. The Morgan fingerprint density at radius 3 is 3.06 bits per heavy atom. The van der Waals surface area contributed by atoms with Crippen LogP contribution in [-0.4, -0.2) is 38.4 Å². The van der Waals surface area contributed by atoms with Crippen molar-refractivity contribution in [2.24, 2.45) is 5.92 Å². The first kappa shape index (κ1) is 15.4. The number of rotatable bonds is 9. The average Bonchev–Trinajstić information content (AvgIpc) is 2.86. The lowest BCUT2D eigenvalue weighted by molar-refractivity contribution is -0.124. The van der Waals surface area contributed by atoms with Gasteiger partial charge in [-0.05, 0) is 25.7 Å². The summed E-state index contributed by atoms with van der Waals surface area (Å²) in [5.41, 5.74) is 0. The quantitative estimate of drug-likeness (QED) is 0.644. The number of nitrogens with one attached hydrogen (secondary N) is 1. The summed E-state index contributed by atoms with van der Waals surface area (Å²) in [5, 5.41) is 2.95. The maximum absolute atomic E-state index is 11.6. The lowest BCUT2D eigenvalue weighted by Crippen LogP contribution is -2.30. The smallest absolute Gasteiger partial charge is 0.222 e. The number of hydrogen-bond donors (Lipinski definition) is 1. The number of ether oxygens (including phenoxy) is 2. The molecule has 0 bridgehead atoms. The summed E-state index contributed by atoms with van der Waals surface area (Å²) in [7, 11) is 0. The van der Waals surface area contributed by atoms with E-state index in [9.17, 15) is 4.79 Å². The highest BCUT2D eigenvalue weighted by molar-refractivity contribution is 5.78. The van der Waals surface area contributed by atoms with Crippen molar-refractivity contribution < 1.29 is 14.3 Å². The summed E-state index contributed by atoms with van der Waals surface area (Å²) in [5.74, 6) is 0.291. The van der Waals surface area contributed by atoms with Crippen LogP contribution in [0, 0.1) is 5.92 Å². The molecule has 0 aromatic rings. The van der Waals surface area contributed by atoms with Gasteiger partial charge in [-0.25, -0.2) is 0 Å². The van der Waals surface area contributed by atoms with Gasteiger partial charge in [0.05, 0.1) is 12.7 Å². The van der Waals surface area contributed by atoms with E-state index < -0.39 is 0 Å². The topological polar surface area (TPSA) is 47.6 Å². The Morgan fingerprint density at radius 2 is 2.39 bits per heavy atom. The third kappa shape index (κ3) is 6.36. The molecule has 0 aliphatic carbocycles. The lowest BCUT2D eigenvalue weighted by Gasteiger charge is -2.12. The number of amides is 1. The molecule has 1 heterocycles. The predicted octanol–water partition coefficient (Wildman–Crippen LogP) is 2.12. The normalized spacial score (nSPS) is 20.9. The van der Waals surface area contributed by atoms with Crippen LogP contribution in [0.1, 0.15) is 46.0 Å². The Balaban J connectivity index is 1.89. The molecular formula is C14H27NO3. The molecule has 18 heavy (non-hydrogen) atoms. The Bertz CT molecular complexity index is 227. The highest BCUT2D eigenvalue weighted by atomic mass is 16.5. The molecule has 106 valence electrons. The van der Waals surface area contributed by atoms with Crippen LogP contribution in [0.2, 0.25) is 0 Å². The minimum atomic E-state index is 0.128. The number of hydrogen-bond acceptors (Lipinski definition) is 3. The fourth-order valence-electron chi connectivity index (χ4n) is 2.11. The Morgan fingerprint density at radius 1 is 1.56 bits per heavy atom. The van der Waals surface area contributed by atoms with Crippen LogP contribution in [0.25, 0.3) is 0 Å². The second-order valence-corrected chi connectivity index (χ2v) is 5.04. The van der Waals surface area contributed by atoms with E-state index in [1.807, 2.05) is 6.92 Å². The molecule has 2 unspecified atom stereocenters. The first-order valence-corrected chi connectivity index (χ1v) is 7.21. The van der Waals surface area contributed by atoms with Crippen molar-refractivity contribution in [2.45, 2.75) is 52.1 Å².